The molecule has 1 aromatic heterocycles. The summed E-state index contributed by atoms with van der Waals surface area (Å²) in [6.07, 6.45) is 1.63. The van der Waals surface area contributed by atoms with E-state index in [-0.39, 0.29) is 16.7 Å². The van der Waals surface area contributed by atoms with Crippen LogP contribution in [0.1, 0.15) is 13.8 Å². The van der Waals surface area contributed by atoms with Gasteiger partial charge in [-0.2, -0.15) is 0 Å². The van der Waals surface area contributed by atoms with Gasteiger partial charge in [-0.1, -0.05) is 12.1 Å². The second-order valence-electron chi connectivity index (χ2n) is 6.60. The summed E-state index contributed by atoms with van der Waals surface area (Å²) < 4.78 is 33.5. The van der Waals surface area contributed by atoms with Crippen molar-refractivity contribution in [3.05, 3.63) is 48.4 Å². The van der Waals surface area contributed by atoms with Crippen molar-refractivity contribution in [3.63, 3.8) is 0 Å². The van der Waals surface area contributed by atoms with Crippen molar-refractivity contribution in [2.24, 2.45) is 5.41 Å². The number of sulfonamides is 1. The summed E-state index contributed by atoms with van der Waals surface area (Å²) in [6.45, 7) is 7.89. The summed E-state index contributed by atoms with van der Waals surface area (Å²) in [6, 6.07) is 8.13. The molecular formula is C18H20N2O4S2. The van der Waals surface area contributed by atoms with Crippen molar-refractivity contribution in [2.45, 2.75) is 18.1 Å². The number of nitrogens with zero attached hydrogens (tertiary/aromatic N) is 1. The number of fused-ring (bicyclic) bond motifs is 1. The van der Waals surface area contributed by atoms with Crippen molar-refractivity contribution >= 4 is 38.6 Å². The highest BCUT2D eigenvalue weighted by molar-refractivity contribution is 7.94. The number of nitrogens with one attached hydrogen (secondary N) is 1. The van der Waals surface area contributed by atoms with E-state index in [0.717, 1.165) is 11.3 Å². The SMILES string of the molecule is C=CCN1C(=O)C(C)(C)COc2ccc(NS(=O)(=O)c3cccs3)cc21. The first-order chi connectivity index (χ1) is 12.2. The molecule has 3 rings (SSSR count). The molecular weight excluding hydrogens is 372 g/mol. The molecule has 2 aromatic rings. The molecule has 1 amide bonds. The highest BCUT2D eigenvalue weighted by Crippen LogP contribution is 2.38. The fourth-order valence-electron chi connectivity index (χ4n) is 2.64. The van der Waals surface area contributed by atoms with E-state index in [0.29, 0.717) is 23.7 Å². The monoisotopic (exact) mass is 392 g/mol. The molecule has 0 spiro atoms. The fraction of sp³-hybridized carbons (Fsp3) is 0.278. The summed E-state index contributed by atoms with van der Waals surface area (Å²) >= 11 is 1.14. The van der Waals surface area contributed by atoms with Crippen LogP contribution in [0.5, 0.6) is 5.75 Å². The number of carbonyl (C=O) groups excluding carboxylic acids is 1. The average molecular weight is 393 g/mol. The molecule has 0 atom stereocenters. The van der Waals surface area contributed by atoms with Crippen molar-refractivity contribution < 1.29 is 17.9 Å². The van der Waals surface area contributed by atoms with Gasteiger partial charge in [-0.15, -0.1) is 17.9 Å². The highest BCUT2D eigenvalue weighted by Gasteiger charge is 2.37. The molecule has 26 heavy (non-hydrogen) atoms. The lowest BCUT2D eigenvalue weighted by Crippen LogP contribution is -2.42. The third-order valence-corrected chi connectivity index (χ3v) is 6.76. The largest absolute Gasteiger partial charge is 0.490 e. The Morgan fingerprint density at radius 2 is 2.15 bits per heavy atom. The maximum Gasteiger partial charge on any atom is 0.271 e. The van der Waals surface area contributed by atoms with E-state index < -0.39 is 15.4 Å². The van der Waals surface area contributed by atoms with Gasteiger partial charge >= 0.3 is 0 Å². The van der Waals surface area contributed by atoms with Gasteiger partial charge in [-0.25, -0.2) is 8.42 Å². The van der Waals surface area contributed by atoms with E-state index in [4.69, 9.17) is 4.74 Å². The molecule has 0 radical (unpaired) electrons. The average Bonchev–Trinajstić information content (AvgIpc) is 3.10. The van der Waals surface area contributed by atoms with Crippen LogP contribution in [0, 0.1) is 5.41 Å². The van der Waals surface area contributed by atoms with E-state index in [1.807, 2.05) is 13.8 Å². The molecule has 0 aliphatic carbocycles. The van der Waals surface area contributed by atoms with Crippen molar-refractivity contribution in [1.29, 1.82) is 0 Å². The molecule has 138 valence electrons. The number of thiophene rings is 1. The first kappa shape index (κ1) is 18.5. The molecule has 8 heteroatoms. The molecule has 6 nitrogen and oxygen atoms in total. The van der Waals surface area contributed by atoms with Crippen LogP contribution < -0.4 is 14.4 Å². The van der Waals surface area contributed by atoms with E-state index in [1.165, 1.54) is 6.07 Å². The third kappa shape index (κ3) is 3.47. The number of amides is 1. The van der Waals surface area contributed by atoms with Crippen LogP contribution in [-0.2, 0) is 14.8 Å². The summed E-state index contributed by atoms with van der Waals surface area (Å²) in [4.78, 5) is 14.4. The minimum Gasteiger partial charge on any atom is -0.490 e. The Morgan fingerprint density at radius 1 is 1.38 bits per heavy atom. The van der Waals surface area contributed by atoms with Gasteiger partial charge in [0.25, 0.3) is 10.0 Å². The number of carbonyl (C=O) groups is 1. The molecule has 2 heterocycles. The van der Waals surface area contributed by atoms with E-state index in [2.05, 4.69) is 11.3 Å². The summed E-state index contributed by atoms with van der Waals surface area (Å²) in [5, 5.41) is 1.70. The number of ether oxygens (including phenoxy) is 1. The summed E-state index contributed by atoms with van der Waals surface area (Å²) in [7, 11) is -3.67. The lowest BCUT2D eigenvalue weighted by Gasteiger charge is -2.27. The zero-order chi connectivity index (χ0) is 18.9. The minimum absolute atomic E-state index is 0.102. The predicted octanol–water partition coefficient (Wildman–Crippen LogP) is 3.49. The second-order valence-corrected chi connectivity index (χ2v) is 9.45. The summed E-state index contributed by atoms with van der Waals surface area (Å²) in [5.41, 5.74) is 0.188. The maximum atomic E-state index is 12.9. The van der Waals surface area contributed by atoms with E-state index in [1.54, 1.807) is 40.6 Å². The normalized spacial score (nSPS) is 16.4. The molecule has 0 saturated heterocycles. The van der Waals surface area contributed by atoms with Crippen LogP contribution in [0.25, 0.3) is 0 Å². The highest BCUT2D eigenvalue weighted by atomic mass is 32.2. The van der Waals surface area contributed by atoms with Crippen LogP contribution in [0.3, 0.4) is 0 Å². The molecule has 1 N–H and O–H groups in total. The van der Waals surface area contributed by atoms with Crippen LogP contribution in [0.2, 0.25) is 0 Å². The van der Waals surface area contributed by atoms with Crippen molar-refractivity contribution in [2.75, 3.05) is 22.8 Å². The van der Waals surface area contributed by atoms with E-state index >= 15 is 0 Å². The van der Waals surface area contributed by atoms with Crippen molar-refractivity contribution in [3.8, 4) is 5.75 Å². The Bertz CT molecular complexity index is 934. The quantitative estimate of drug-likeness (QED) is 0.791. The zero-order valence-electron chi connectivity index (χ0n) is 14.6. The summed E-state index contributed by atoms with van der Waals surface area (Å²) in [5.74, 6) is 0.430. The van der Waals surface area contributed by atoms with Gasteiger partial charge in [0.2, 0.25) is 5.91 Å². The van der Waals surface area contributed by atoms with E-state index in [9.17, 15) is 13.2 Å². The second kappa shape index (κ2) is 6.77. The first-order valence-corrected chi connectivity index (χ1v) is 10.4. The number of benzene rings is 1. The van der Waals surface area contributed by atoms with Crippen molar-refractivity contribution in [1.82, 2.24) is 0 Å². The van der Waals surface area contributed by atoms with Crippen LogP contribution in [0.15, 0.2) is 52.6 Å². The van der Waals surface area contributed by atoms with Crippen LogP contribution in [-0.4, -0.2) is 27.5 Å². The molecule has 1 aromatic carbocycles. The van der Waals surface area contributed by atoms with Gasteiger partial charge in [0.05, 0.1) is 16.8 Å². The fourth-order valence-corrected chi connectivity index (χ4v) is 4.68. The zero-order valence-corrected chi connectivity index (χ0v) is 16.2. The van der Waals surface area contributed by atoms with Gasteiger partial charge < -0.3 is 9.64 Å². The third-order valence-electron chi connectivity index (χ3n) is 3.99. The molecule has 1 aliphatic rings. The lowest BCUT2D eigenvalue weighted by molar-refractivity contribution is -0.127. The number of hydrogen-bond donors (Lipinski definition) is 1. The molecule has 0 unspecified atom stereocenters. The van der Waals surface area contributed by atoms with Gasteiger partial charge in [0.1, 0.15) is 16.6 Å². The first-order valence-electron chi connectivity index (χ1n) is 8.01. The smallest absolute Gasteiger partial charge is 0.271 e. The standard InChI is InChI=1S/C18H20N2O4S2/c1-4-9-20-14-11-13(19-26(22,23)16-6-5-10-25-16)7-8-15(14)24-12-18(2,3)17(20)21/h4-8,10-11,19H,1,9,12H2,2-3H3. The van der Waals surface area contributed by atoms with Crippen LogP contribution >= 0.6 is 11.3 Å². The van der Waals surface area contributed by atoms with Gasteiger partial charge in [0, 0.05) is 6.54 Å². The molecule has 0 bridgehead atoms. The number of rotatable bonds is 5. The Labute approximate surface area is 157 Å². The molecule has 0 saturated carbocycles. The predicted molar refractivity (Wildman–Crippen MR) is 103 cm³/mol. The minimum atomic E-state index is -3.67. The molecule has 0 fully saturated rings. The van der Waals surface area contributed by atoms with Crippen LogP contribution in [0.4, 0.5) is 11.4 Å². The Balaban J connectivity index is 2.00. The maximum absolute atomic E-state index is 12.9. The topological polar surface area (TPSA) is 75.7 Å². The Morgan fingerprint density at radius 3 is 2.81 bits per heavy atom. The number of anilines is 2. The lowest BCUT2D eigenvalue weighted by atomic mass is 9.93. The molecule has 1 aliphatic heterocycles. The van der Waals surface area contributed by atoms with Gasteiger partial charge in [-0.3, -0.25) is 9.52 Å². The van der Waals surface area contributed by atoms with Gasteiger partial charge in [-0.05, 0) is 43.5 Å². The van der Waals surface area contributed by atoms with Gasteiger partial charge in [0.15, 0.2) is 0 Å². The Hall–Kier alpha value is -2.32. The Kier molecular flexibility index (Phi) is 4.81. The number of hydrogen-bond acceptors (Lipinski definition) is 5.